The summed E-state index contributed by atoms with van der Waals surface area (Å²) in [5.41, 5.74) is 0. The van der Waals surface area contributed by atoms with Crippen molar-refractivity contribution in [1.82, 2.24) is 0 Å². The Morgan fingerprint density at radius 2 is 2.00 bits per heavy atom. The lowest BCUT2D eigenvalue weighted by Crippen LogP contribution is -2.41. The highest BCUT2D eigenvalue weighted by atomic mass is 16.7. The first kappa shape index (κ1) is 8.23. The highest BCUT2D eigenvalue weighted by Gasteiger charge is 2.41. The van der Waals surface area contributed by atoms with Crippen LogP contribution in [0.1, 0.15) is 12.8 Å². The molecule has 0 radical (unpaired) electrons. The van der Waals surface area contributed by atoms with Crippen LogP contribution in [0.2, 0.25) is 0 Å². The molecule has 12 heavy (non-hydrogen) atoms. The van der Waals surface area contributed by atoms with Gasteiger partial charge < -0.3 is 14.2 Å². The van der Waals surface area contributed by atoms with E-state index >= 15 is 0 Å². The maximum atomic E-state index is 5.56. The van der Waals surface area contributed by atoms with E-state index in [0.29, 0.717) is 19.8 Å². The van der Waals surface area contributed by atoms with Crippen molar-refractivity contribution in [2.24, 2.45) is 0 Å². The Hall–Kier alpha value is -0.380. The summed E-state index contributed by atoms with van der Waals surface area (Å²) in [4.78, 5) is 0. The molecule has 3 heteroatoms. The lowest BCUT2D eigenvalue weighted by Gasteiger charge is -2.34. The minimum Gasteiger partial charge on any atom is -0.374 e. The van der Waals surface area contributed by atoms with Gasteiger partial charge in [0.05, 0.1) is 25.9 Å². The third-order valence-corrected chi connectivity index (χ3v) is 2.40. The molecule has 1 unspecified atom stereocenters. The molecule has 2 rings (SSSR count). The predicted octanol–water partition coefficient (Wildman–Crippen LogP) is 1.09. The molecule has 2 fully saturated rings. The van der Waals surface area contributed by atoms with Crippen LogP contribution in [0.15, 0.2) is 12.7 Å². The molecule has 0 bridgehead atoms. The number of ether oxygens (including phenoxy) is 3. The van der Waals surface area contributed by atoms with Crippen molar-refractivity contribution in [2.75, 3.05) is 19.8 Å². The van der Waals surface area contributed by atoms with Crippen LogP contribution < -0.4 is 0 Å². The molecule has 2 aliphatic rings. The van der Waals surface area contributed by atoms with Crippen molar-refractivity contribution in [1.29, 1.82) is 0 Å². The van der Waals surface area contributed by atoms with Crippen LogP contribution in [-0.2, 0) is 14.2 Å². The second-order valence-corrected chi connectivity index (χ2v) is 3.21. The van der Waals surface area contributed by atoms with Gasteiger partial charge in [-0.3, -0.25) is 0 Å². The summed E-state index contributed by atoms with van der Waals surface area (Å²) >= 11 is 0. The molecule has 0 aromatic carbocycles. The van der Waals surface area contributed by atoms with Gasteiger partial charge in [-0.25, -0.2) is 0 Å². The van der Waals surface area contributed by atoms with Crippen LogP contribution in [-0.4, -0.2) is 31.7 Å². The lowest BCUT2D eigenvalue weighted by atomic mass is 10.0. The zero-order valence-corrected chi connectivity index (χ0v) is 7.12. The summed E-state index contributed by atoms with van der Waals surface area (Å²) in [5.74, 6) is -0.350. The highest BCUT2D eigenvalue weighted by Crippen LogP contribution is 2.33. The van der Waals surface area contributed by atoms with Crippen LogP contribution in [0.3, 0.4) is 0 Å². The van der Waals surface area contributed by atoms with E-state index in [1.54, 1.807) is 0 Å². The Balaban J connectivity index is 2.01. The topological polar surface area (TPSA) is 27.7 Å². The Kier molecular flexibility index (Phi) is 2.17. The van der Waals surface area contributed by atoms with E-state index in [-0.39, 0.29) is 11.9 Å². The average Bonchev–Trinajstić information content (AvgIpc) is 2.53. The van der Waals surface area contributed by atoms with Crippen molar-refractivity contribution in [3.05, 3.63) is 12.7 Å². The minimum absolute atomic E-state index is 0.0943. The van der Waals surface area contributed by atoms with E-state index in [4.69, 9.17) is 14.2 Å². The van der Waals surface area contributed by atoms with Gasteiger partial charge in [-0.15, -0.1) is 6.58 Å². The Bertz CT molecular complexity index is 173. The number of hydrogen-bond acceptors (Lipinski definition) is 3. The van der Waals surface area contributed by atoms with Crippen molar-refractivity contribution in [2.45, 2.75) is 24.7 Å². The molecule has 68 valence electrons. The van der Waals surface area contributed by atoms with Crippen LogP contribution in [0.5, 0.6) is 0 Å². The molecular weight excluding hydrogens is 156 g/mol. The van der Waals surface area contributed by atoms with E-state index in [1.165, 1.54) is 0 Å². The first-order chi connectivity index (χ1) is 5.85. The first-order valence-electron chi connectivity index (χ1n) is 4.37. The Morgan fingerprint density at radius 1 is 1.25 bits per heavy atom. The lowest BCUT2D eigenvalue weighted by molar-refractivity contribution is -0.213. The van der Waals surface area contributed by atoms with Crippen LogP contribution in [0.25, 0.3) is 0 Å². The van der Waals surface area contributed by atoms with Crippen molar-refractivity contribution in [3.63, 3.8) is 0 Å². The molecule has 0 aromatic heterocycles. The van der Waals surface area contributed by atoms with E-state index in [2.05, 4.69) is 6.58 Å². The molecule has 3 nitrogen and oxygen atoms in total. The van der Waals surface area contributed by atoms with E-state index in [1.807, 2.05) is 6.08 Å². The molecule has 0 saturated carbocycles. The van der Waals surface area contributed by atoms with E-state index in [9.17, 15) is 0 Å². The largest absolute Gasteiger partial charge is 0.374 e. The highest BCUT2D eigenvalue weighted by molar-refractivity contribution is 4.90. The quantitative estimate of drug-likeness (QED) is 0.551. The van der Waals surface area contributed by atoms with Gasteiger partial charge in [0.15, 0.2) is 5.79 Å². The number of rotatable bonds is 1. The normalized spacial score (nSPS) is 33.8. The van der Waals surface area contributed by atoms with Gasteiger partial charge in [-0.1, -0.05) is 6.08 Å². The zero-order valence-electron chi connectivity index (χ0n) is 7.12. The SMILES string of the molecule is C=CC1CC2(CCO1)OCCO2. The summed E-state index contributed by atoms with van der Waals surface area (Å²) in [5, 5.41) is 0. The Morgan fingerprint density at radius 3 is 2.67 bits per heavy atom. The summed E-state index contributed by atoms with van der Waals surface area (Å²) in [6.45, 7) is 5.83. The fourth-order valence-corrected chi connectivity index (χ4v) is 1.74. The molecule has 0 aromatic rings. The summed E-state index contributed by atoms with van der Waals surface area (Å²) < 4.78 is 16.6. The maximum Gasteiger partial charge on any atom is 0.173 e. The van der Waals surface area contributed by atoms with E-state index in [0.717, 1.165) is 12.8 Å². The van der Waals surface area contributed by atoms with Gasteiger partial charge in [-0.2, -0.15) is 0 Å². The molecule has 2 aliphatic heterocycles. The monoisotopic (exact) mass is 170 g/mol. The third-order valence-electron chi connectivity index (χ3n) is 2.40. The molecule has 2 saturated heterocycles. The zero-order chi connectivity index (χ0) is 8.44. The van der Waals surface area contributed by atoms with Crippen LogP contribution in [0.4, 0.5) is 0 Å². The molecule has 2 heterocycles. The number of hydrogen-bond donors (Lipinski definition) is 0. The smallest absolute Gasteiger partial charge is 0.173 e. The van der Waals surface area contributed by atoms with Gasteiger partial charge in [0.25, 0.3) is 0 Å². The maximum absolute atomic E-state index is 5.56. The minimum atomic E-state index is -0.350. The van der Waals surface area contributed by atoms with Gasteiger partial charge in [0, 0.05) is 12.8 Å². The van der Waals surface area contributed by atoms with E-state index < -0.39 is 0 Å². The molecule has 0 amide bonds. The fraction of sp³-hybridized carbons (Fsp3) is 0.778. The fourth-order valence-electron chi connectivity index (χ4n) is 1.74. The van der Waals surface area contributed by atoms with Gasteiger partial charge in [0.2, 0.25) is 0 Å². The molecular formula is C9H14O3. The second-order valence-electron chi connectivity index (χ2n) is 3.21. The molecule has 1 spiro atoms. The predicted molar refractivity (Wildman–Crippen MR) is 43.8 cm³/mol. The first-order valence-corrected chi connectivity index (χ1v) is 4.37. The van der Waals surface area contributed by atoms with Crippen molar-refractivity contribution >= 4 is 0 Å². The Labute approximate surface area is 72.3 Å². The van der Waals surface area contributed by atoms with Gasteiger partial charge in [-0.05, 0) is 0 Å². The van der Waals surface area contributed by atoms with Crippen molar-refractivity contribution < 1.29 is 14.2 Å². The van der Waals surface area contributed by atoms with Crippen molar-refractivity contribution in [3.8, 4) is 0 Å². The van der Waals surface area contributed by atoms with Crippen LogP contribution >= 0.6 is 0 Å². The average molecular weight is 170 g/mol. The summed E-state index contributed by atoms with van der Waals surface area (Å²) in [7, 11) is 0. The summed E-state index contributed by atoms with van der Waals surface area (Å²) in [6.07, 6.45) is 3.54. The van der Waals surface area contributed by atoms with Crippen LogP contribution in [0, 0.1) is 0 Å². The second kappa shape index (κ2) is 3.17. The molecule has 1 atom stereocenters. The standard InChI is InChI=1S/C9H14O3/c1-2-8-7-9(3-4-10-8)11-5-6-12-9/h2,8H,1,3-7H2. The van der Waals surface area contributed by atoms with Gasteiger partial charge in [0.1, 0.15) is 0 Å². The molecule has 0 aliphatic carbocycles. The third kappa shape index (κ3) is 1.40. The summed E-state index contributed by atoms with van der Waals surface area (Å²) in [6, 6.07) is 0. The van der Waals surface area contributed by atoms with Gasteiger partial charge >= 0.3 is 0 Å². The molecule has 0 N–H and O–H groups in total.